The summed E-state index contributed by atoms with van der Waals surface area (Å²) in [6, 6.07) is 1.47. The molecule has 0 aliphatic heterocycles. The monoisotopic (exact) mass is 266 g/mol. The first-order valence-corrected chi connectivity index (χ1v) is 6.78. The average Bonchev–Trinajstić information content (AvgIpc) is 2.71. The molecule has 2 unspecified atom stereocenters. The van der Waals surface area contributed by atoms with Crippen LogP contribution in [0.25, 0.3) is 0 Å². The molecule has 1 fully saturated rings. The highest BCUT2D eigenvalue weighted by molar-refractivity contribution is 5.88. The first kappa shape index (κ1) is 14.1. The maximum Gasteiger partial charge on any atom is 0.339 e. The van der Waals surface area contributed by atoms with Crippen LogP contribution in [0.1, 0.15) is 56.2 Å². The summed E-state index contributed by atoms with van der Waals surface area (Å²) in [5.74, 6) is 0.0810. The second kappa shape index (κ2) is 5.37. The summed E-state index contributed by atoms with van der Waals surface area (Å²) < 4.78 is 11.1. The molecule has 1 aromatic heterocycles. The van der Waals surface area contributed by atoms with Crippen LogP contribution in [0.15, 0.2) is 16.7 Å². The average molecular weight is 266 g/mol. The lowest BCUT2D eigenvalue weighted by Gasteiger charge is -2.38. The van der Waals surface area contributed by atoms with E-state index in [1.807, 2.05) is 0 Å². The third-order valence-corrected chi connectivity index (χ3v) is 3.77. The minimum absolute atomic E-state index is 0.186. The Bertz CT molecular complexity index is 447. The van der Waals surface area contributed by atoms with Gasteiger partial charge in [0.1, 0.15) is 17.9 Å². The molecule has 4 heteroatoms. The smallest absolute Gasteiger partial charge is 0.339 e. The molecule has 106 valence electrons. The molecule has 1 N–H and O–H groups in total. The van der Waals surface area contributed by atoms with E-state index < -0.39 is 5.97 Å². The van der Waals surface area contributed by atoms with Gasteiger partial charge in [0.25, 0.3) is 0 Å². The minimum atomic E-state index is -0.968. The molecule has 1 aromatic rings. The van der Waals surface area contributed by atoms with Crippen LogP contribution in [-0.4, -0.2) is 17.2 Å². The summed E-state index contributed by atoms with van der Waals surface area (Å²) in [7, 11) is 0. The number of rotatable bonds is 4. The SMILES string of the molecule is CC1CC(OCc2occc2C(=O)O)CC(C)(C)C1. The van der Waals surface area contributed by atoms with Gasteiger partial charge in [0, 0.05) is 0 Å². The Morgan fingerprint density at radius 1 is 1.53 bits per heavy atom. The van der Waals surface area contributed by atoms with Crippen LogP contribution >= 0.6 is 0 Å². The quantitative estimate of drug-likeness (QED) is 0.902. The van der Waals surface area contributed by atoms with Crippen LogP contribution < -0.4 is 0 Å². The zero-order chi connectivity index (χ0) is 14.0. The van der Waals surface area contributed by atoms with Crippen molar-refractivity contribution >= 4 is 5.97 Å². The molecule has 0 spiro atoms. The third-order valence-electron chi connectivity index (χ3n) is 3.77. The molecule has 1 saturated carbocycles. The van der Waals surface area contributed by atoms with E-state index in [1.165, 1.54) is 18.8 Å². The molecule has 1 aliphatic carbocycles. The third kappa shape index (κ3) is 3.60. The summed E-state index contributed by atoms with van der Waals surface area (Å²) >= 11 is 0. The van der Waals surface area contributed by atoms with Crippen LogP contribution in [0.2, 0.25) is 0 Å². The van der Waals surface area contributed by atoms with Crippen molar-refractivity contribution < 1.29 is 19.1 Å². The highest BCUT2D eigenvalue weighted by Crippen LogP contribution is 2.39. The molecule has 1 heterocycles. The highest BCUT2D eigenvalue weighted by atomic mass is 16.5. The minimum Gasteiger partial charge on any atom is -0.478 e. The van der Waals surface area contributed by atoms with E-state index in [9.17, 15) is 4.79 Å². The molecule has 2 atom stereocenters. The van der Waals surface area contributed by atoms with Crippen molar-refractivity contribution in [1.82, 2.24) is 0 Å². The summed E-state index contributed by atoms with van der Waals surface area (Å²) in [5, 5.41) is 9.00. The Balaban J connectivity index is 1.95. The van der Waals surface area contributed by atoms with Gasteiger partial charge in [0.15, 0.2) is 0 Å². The second-order valence-electron chi connectivity index (χ2n) is 6.41. The van der Waals surface area contributed by atoms with Gasteiger partial charge in [0.2, 0.25) is 0 Å². The molecule has 0 amide bonds. The van der Waals surface area contributed by atoms with Crippen LogP contribution in [0, 0.1) is 11.3 Å². The number of hydrogen-bond donors (Lipinski definition) is 1. The number of furan rings is 1. The summed E-state index contributed by atoms with van der Waals surface area (Å²) in [5.41, 5.74) is 0.490. The van der Waals surface area contributed by atoms with E-state index in [0.29, 0.717) is 17.1 Å². The fourth-order valence-electron chi connectivity index (χ4n) is 3.22. The van der Waals surface area contributed by atoms with Crippen molar-refractivity contribution in [2.24, 2.45) is 11.3 Å². The van der Waals surface area contributed by atoms with Gasteiger partial charge < -0.3 is 14.3 Å². The van der Waals surface area contributed by atoms with Gasteiger partial charge >= 0.3 is 5.97 Å². The molecule has 19 heavy (non-hydrogen) atoms. The Hall–Kier alpha value is -1.29. The van der Waals surface area contributed by atoms with Gasteiger partial charge in [-0.1, -0.05) is 20.8 Å². The lowest BCUT2D eigenvalue weighted by atomic mass is 9.71. The zero-order valence-electron chi connectivity index (χ0n) is 11.8. The predicted octanol–water partition coefficient (Wildman–Crippen LogP) is 3.71. The lowest BCUT2D eigenvalue weighted by molar-refractivity contribution is -0.0371. The van der Waals surface area contributed by atoms with Gasteiger partial charge in [-0.15, -0.1) is 0 Å². The van der Waals surface area contributed by atoms with Gasteiger partial charge in [-0.25, -0.2) is 4.79 Å². The predicted molar refractivity (Wildman–Crippen MR) is 71.0 cm³/mol. The van der Waals surface area contributed by atoms with E-state index in [0.717, 1.165) is 12.8 Å². The van der Waals surface area contributed by atoms with Crippen molar-refractivity contribution in [2.75, 3.05) is 0 Å². The zero-order valence-corrected chi connectivity index (χ0v) is 11.8. The second-order valence-corrected chi connectivity index (χ2v) is 6.41. The van der Waals surface area contributed by atoms with Crippen molar-refractivity contribution in [2.45, 2.75) is 52.7 Å². The molecule has 1 aliphatic rings. The Morgan fingerprint density at radius 2 is 2.26 bits per heavy atom. The van der Waals surface area contributed by atoms with E-state index in [2.05, 4.69) is 20.8 Å². The highest BCUT2D eigenvalue weighted by Gasteiger charge is 2.32. The molecule has 2 rings (SSSR count). The van der Waals surface area contributed by atoms with Crippen LogP contribution in [0.3, 0.4) is 0 Å². The van der Waals surface area contributed by atoms with Crippen LogP contribution in [0.5, 0.6) is 0 Å². The first-order valence-electron chi connectivity index (χ1n) is 6.78. The maximum atomic E-state index is 11.0. The Morgan fingerprint density at radius 3 is 2.89 bits per heavy atom. The Labute approximate surface area is 113 Å². The number of ether oxygens (including phenoxy) is 1. The van der Waals surface area contributed by atoms with Crippen molar-refractivity contribution in [3.05, 3.63) is 23.7 Å². The van der Waals surface area contributed by atoms with Gasteiger partial charge in [-0.05, 0) is 36.7 Å². The van der Waals surface area contributed by atoms with Crippen LogP contribution in [0.4, 0.5) is 0 Å². The molecule has 0 aromatic carbocycles. The van der Waals surface area contributed by atoms with Crippen molar-refractivity contribution in [3.63, 3.8) is 0 Å². The van der Waals surface area contributed by atoms with E-state index in [4.69, 9.17) is 14.3 Å². The molecular formula is C15H22O4. The van der Waals surface area contributed by atoms with E-state index in [1.54, 1.807) is 0 Å². The normalized spacial score (nSPS) is 26.3. The lowest BCUT2D eigenvalue weighted by Crippen LogP contribution is -2.32. The fourth-order valence-corrected chi connectivity index (χ4v) is 3.22. The molecule has 0 saturated heterocycles. The van der Waals surface area contributed by atoms with Gasteiger partial charge in [0.05, 0.1) is 12.4 Å². The molecule has 4 nitrogen and oxygen atoms in total. The fraction of sp³-hybridized carbons (Fsp3) is 0.667. The number of hydrogen-bond acceptors (Lipinski definition) is 3. The molecule has 0 bridgehead atoms. The first-order chi connectivity index (χ1) is 8.87. The number of carboxylic acids is 1. The van der Waals surface area contributed by atoms with Gasteiger partial charge in [-0.2, -0.15) is 0 Å². The maximum absolute atomic E-state index is 11.0. The van der Waals surface area contributed by atoms with E-state index >= 15 is 0 Å². The van der Waals surface area contributed by atoms with Gasteiger partial charge in [-0.3, -0.25) is 0 Å². The number of carbonyl (C=O) groups is 1. The van der Waals surface area contributed by atoms with Crippen molar-refractivity contribution in [1.29, 1.82) is 0 Å². The summed E-state index contributed by atoms with van der Waals surface area (Å²) in [6.07, 6.45) is 4.85. The standard InChI is InChI=1S/C15H22O4/c1-10-6-11(8-15(2,3)7-10)19-9-13-12(14(16)17)4-5-18-13/h4-5,10-11H,6-9H2,1-3H3,(H,16,17). The van der Waals surface area contributed by atoms with Crippen LogP contribution in [-0.2, 0) is 11.3 Å². The van der Waals surface area contributed by atoms with Crippen molar-refractivity contribution in [3.8, 4) is 0 Å². The topological polar surface area (TPSA) is 59.7 Å². The number of carboxylic acid groups (broad SMARTS) is 1. The molecule has 0 radical (unpaired) electrons. The summed E-state index contributed by atoms with van der Waals surface area (Å²) in [4.78, 5) is 11.0. The number of aromatic carboxylic acids is 1. The summed E-state index contributed by atoms with van der Waals surface area (Å²) in [6.45, 7) is 7.00. The Kier molecular flexibility index (Phi) is 3.99. The largest absolute Gasteiger partial charge is 0.478 e. The van der Waals surface area contributed by atoms with E-state index in [-0.39, 0.29) is 18.3 Å². The molecular weight excluding hydrogens is 244 g/mol.